The number of halogens is 2. The summed E-state index contributed by atoms with van der Waals surface area (Å²) in [6, 6.07) is 3.87. The Morgan fingerprint density at radius 1 is 1.41 bits per heavy atom. The first kappa shape index (κ1) is 12.5. The van der Waals surface area contributed by atoms with E-state index in [9.17, 15) is 9.18 Å². The summed E-state index contributed by atoms with van der Waals surface area (Å²) in [7, 11) is 0. The van der Waals surface area contributed by atoms with Crippen molar-refractivity contribution in [1.29, 1.82) is 0 Å². The molecule has 0 aliphatic carbocycles. The first-order chi connectivity index (χ1) is 8.16. The van der Waals surface area contributed by atoms with Gasteiger partial charge in [-0.25, -0.2) is 4.39 Å². The summed E-state index contributed by atoms with van der Waals surface area (Å²) in [4.78, 5) is 14.0. The highest BCUT2D eigenvalue weighted by Gasteiger charge is 2.17. The molecule has 1 saturated heterocycles. The zero-order valence-corrected chi connectivity index (χ0v) is 10.1. The molecule has 0 spiro atoms. The van der Waals surface area contributed by atoms with Crippen LogP contribution in [0.25, 0.3) is 0 Å². The Morgan fingerprint density at radius 3 is 2.82 bits per heavy atom. The van der Waals surface area contributed by atoms with E-state index in [0.29, 0.717) is 11.6 Å². The second-order valence-corrected chi connectivity index (χ2v) is 4.48. The van der Waals surface area contributed by atoms with Crippen molar-refractivity contribution in [2.24, 2.45) is 0 Å². The SMILES string of the molecule is O=C(CN1CCNCC1)c1cc(F)ccc1Cl. The van der Waals surface area contributed by atoms with Gasteiger partial charge in [0.05, 0.1) is 11.6 Å². The summed E-state index contributed by atoms with van der Waals surface area (Å²) >= 11 is 5.89. The minimum atomic E-state index is -0.432. The number of Topliss-reactive ketones (excluding diaryl/α,β-unsaturated/α-hetero) is 1. The summed E-state index contributed by atoms with van der Waals surface area (Å²) in [5.41, 5.74) is 0.269. The highest BCUT2D eigenvalue weighted by Crippen LogP contribution is 2.18. The molecule has 0 bridgehead atoms. The number of nitrogens with one attached hydrogen (secondary N) is 1. The molecule has 0 atom stereocenters. The zero-order valence-electron chi connectivity index (χ0n) is 9.38. The third kappa shape index (κ3) is 3.25. The minimum absolute atomic E-state index is 0.128. The third-order valence-electron chi connectivity index (χ3n) is 2.81. The van der Waals surface area contributed by atoms with Crippen LogP contribution in [-0.2, 0) is 0 Å². The van der Waals surface area contributed by atoms with Crippen LogP contribution >= 0.6 is 11.6 Å². The Kier molecular flexibility index (Phi) is 4.10. The van der Waals surface area contributed by atoms with E-state index in [1.54, 1.807) is 0 Å². The average Bonchev–Trinajstić information content (AvgIpc) is 2.33. The lowest BCUT2D eigenvalue weighted by molar-refractivity contribution is 0.0921. The molecule has 5 heteroatoms. The number of piperazine rings is 1. The molecule has 1 aromatic rings. The summed E-state index contributed by atoms with van der Waals surface area (Å²) in [5, 5.41) is 3.52. The Balaban J connectivity index is 2.05. The first-order valence-corrected chi connectivity index (χ1v) is 5.96. The van der Waals surface area contributed by atoms with Crippen LogP contribution in [0.3, 0.4) is 0 Å². The predicted molar refractivity (Wildman–Crippen MR) is 65.1 cm³/mol. The molecule has 1 aliphatic rings. The third-order valence-corrected chi connectivity index (χ3v) is 3.14. The fourth-order valence-electron chi connectivity index (χ4n) is 1.87. The van der Waals surface area contributed by atoms with Crippen LogP contribution in [0.1, 0.15) is 10.4 Å². The van der Waals surface area contributed by atoms with Crippen LogP contribution in [0.2, 0.25) is 5.02 Å². The topological polar surface area (TPSA) is 32.3 Å². The quantitative estimate of drug-likeness (QED) is 0.834. The zero-order chi connectivity index (χ0) is 12.3. The molecule has 0 saturated carbocycles. The Morgan fingerprint density at radius 2 is 2.12 bits per heavy atom. The van der Waals surface area contributed by atoms with Crippen LogP contribution in [0.5, 0.6) is 0 Å². The maximum absolute atomic E-state index is 13.1. The summed E-state index contributed by atoms with van der Waals surface area (Å²) in [5.74, 6) is -0.561. The van der Waals surface area contributed by atoms with Crippen molar-refractivity contribution in [2.75, 3.05) is 32.7 Å². The van der Waals surface area contributed by atoms with Crippen LogP contribution < -0.4 is 5.32 Å². The van der Waals surface area contributed by atoms with E-state index in [-0.39, 0.29) is 11.3 Å². The van der Waals surface area contributed by atoms with E-state index < -0.39 is 5.82 Å². The minimum Gasteiger partial charge on any atom is -0.314 e. The maximum atomic E-state index is 13.1. The highest BCUT2D eigenvalue weighted by atomic mass is 35.5. The van der Waals surface area contributed by atoms with Crippen LogP contribution in [0.4, 0.5) is 4.39 Å². The van der Waals surface area contributed by atoms with Crippen molar-refractivity contribution in [3.63, 3.8) is 0 Å². The number of rotatable bonds is 3. The van der Waals surface area contributed by atoms with Crippen molar-refractivity contribution in [2.45, 2.75) is 0 Å². The molecule has 1 aromatic carbocycles. The Labute approximate surface area is 105 Å². The summed E-state index contributed by atoms with van der Waals surface area (Å²) in [6.45, 7) is 3.72. The first-order valence-electron chi connectivity index (χ1n) is 5.58. The van der Waals surface area contributed by atoms with Gasteiger partial charge in [0.2, 0.25) is 0 Å². The molecule has 17 heavy (non-hydrogen) atoms. The smallest absolute Gasteiger partial charge is 0.178 e. The van der Waals surface area contributed by atoms with Gasteiger partial charge < -0.3 is 5.32 Å². The van der Waals surface area contributed by atoms with E-state index in [1.807, 2.05) is 4.90 Å². The van der Waals surface area contributed by atoms with Crippen molar-refractivity contribution in [1.82, 2.24) is 10.2 Å². The van der Waals surface area contributed by atoms with Gasteiger partial charge in [-0.1, -0.05) is 11.6 Å². The number of carbonyl (C=O) groups excluding carboxylic acids is 1. The molecule has 2 rings (SSSR count). The lowest BCUT2D eigenvalue weighted by Gasteiger charge is -2.26. The van der Waals surface area contributed by atoms with Gasteiger partial charge in [0.15, 0.2) is 5.78 Å². The second kappa shape index (κ2) is 5.58. The molecular weight excluding hydrogens is 243 g/mol. The highest BCUT2D eigenvalue weighted by molar-refractivity contribution is 6.34. The Hall–Kier alpha value is -0.970. The molecule has 0 aromatic heterocycles. The molecule has 0 radical (unpaired) electrons. The van der Waals surface area contributed by atoms with Crippen LogP contribution in [0, 0.1) is 5.82 Å². The summed E-state index contributed by atoms with van der Waals surface area (Å²) < 4.78 is 13.1. The molecule has 0 amide bonds. The van der Waals surface area contributed by atoms with Gasteiger partial charge in [0, 0.05) is 31.7 Å². The van der Waals surface area contributed by atoms with Gasteiger partial charge >= 0.3 is 0 Å². The second-order valence-electron chi connectivity index (χ2n) is 4.07. The van der Waals surface area contributed by atoms with Crippen LogP contribution in [0.15, 0.2) is 18.2 Å². The van der Waals surface area contributed by atoms with Crippen molar-refractivity contribution in [3.8, 4) is 0 Å². The van der Waals surface area contributed by atoms with Gasteiger partial charge in [-0.3, -0.25) is 9.69 Å². The number of hydrogen-bond donors (Lipinski definition) is 1. The average molecular weight is 257 g/mol. The molecule has 92 valence electrons. The van der Waals surface area contributed by atoms with Crippen molar-refractivity contribution < 1.29 is 9.18 Å². The lowest BCUT2D eigenvalue weighted by atomic mass is 10.1. The number of nitrogens with zero attached hydrogens (tertiary/aromatic N) is 1. The maximum Gasteiger partial charge on any atom is 0.178 e. The van der Waals surface area contributed by atoms with E-state index in [1.165, 1.54) is 18.2 Å². The van der Waals surface area contributed by atoms with Crippen molar-refractivity contribution >= 4 is 17.4 Å². The van der Waals surface area contributed by atoms with Gasteiger partial charge in [0.1, 0.15) is 5.82 Å². The van der Waals surface area contributed by atoms with Gasteiger partial charge in [-0.05, 0) is 18.2 Å². The Bertz CT molecular complexity index is 419. The molecule has 1 heterocycles. The standard InChI is InChI=1S/C12H14ClFN2O/c13-11-2-1-9(14)7-10(11)12(17)8-16-5-3-15-4-6-16/h1-2,7,15H,3-6,8H2. The number of carbonyl (C=O) groups is 1. The van der Waals surface area contributed by atoms with Gasteiger partial charge in [0.25, 0.3) is 0 Å². The number of ketones is 1. The molecule has 1 aliphatic heterocycles. The van der Waals surface area contributed by atoms with Gasteiger partial charge in [-0.15, -0.1) is 0 Å². The predicted octanol–water partition coefficient (Wildman–Crippen LogP) is 1.57. The van der Waals surface area contributed by atoms with Crippen LogP contribution in [-0.4, -0.2) is 43.4 Å². The van der Waals surface area contributed by atoms with E-state index in [0.717, 1.165) is 26.2 Å². The molecule has 1 fully saturated rings. The molecule has 0 unspecified atom stereocenters. The molecule has 3 nitrogen and oxygen atoms in total. The monoisotopic (exact) mass is 256 g/mol. The van der Waals surface area contributed by atoms with Gasteiger partial charge in [-0.2, -0.15) is 0 Å². The van der Waals surface area contributed by atoms with Crippen molar-refractivity contribution in [3.05, 3.63) is 34.6 Å². The van der Waals surface area contributed by atoms with E-state index in [4.69, 9.17) is 11.6 Å². The fourth-order valence-corrected chi connectivity index (χ4v) is 2.09. The number of hydrogen-bond acceptors (Lipinski definition) is 3. The largest absolute Gasteiger partial charge is 0.314 e. The fraction of sp³-hybridized carbons (Fsp3) is 0.417. The van der Waals surface area contributed by atoms with E-state index in [2.05, 4.69) is 5.32 Å². The molecule has 1 N–H and O–H groups in total. The number of benzene rings is 1. The lowest BCUT2D eigenvalue weighted by Crippen LogP contribution is -2.45. The molecular formula is C12H14ClFN2O. The normalized spacial score (nSPS) is 17.1. The summed E-state index contributed by atoms with van der Waals surface area (Å²) in [6.07, 6.45) is 0. The van der Waals surface area contributed by atoms with E-state index >= 15 is 0 Å².